The van der Waals surface area contributed by atoms with E-state index in [1.54, 1.807) is 5.57 Å². The topological polar surface area (TPSA) is 20.2 Å². The van der Waals surface area contributed by atoms with Gasteiger partial charge in [-0.2, -0.15) is 0 Å². The minimum atomic E-state index is -0.0313. The second kappa shape index (κ2) is 3.13. The largest absolute Gasteiger partial charge is 0.393 e. The maximum Gasteiger partial charge on any atom is 0.0576 e. The van der Waals surface area contributed by atoms with Crippen LogP contribution in [0.2, 0.25) is 0 Å². The van der Waals surface area contributed by atoms with Crippen LogP contribution in [0.1, 0.15) is 46.0 Å². The Morgan fingerprint density at radius 3 is 2.92 bits per heavy atom. The Labute approximate surface area is 80.8 Å². The third-order valence-corrected chi connectivity index (χ3v) is 4.29. The normalized spacial score (nSPS) is 48.1. The van der Waals surface area contributed by atoms with E-state index in [0.29, 0.717) is 11.3 Å². The lowest BCUT2D eigenvalue weighted by Crippen LogP contribution is -2.37. The summed E-state index contributed by atoms with van der Waals surface area (Å²) in [6.45, 7) is 4.49. The smallest absolute Gasteiger partial charge is 0.0576 e. The van der Waals surface area contributed by atoms with Gasteiger partial charge in [0.1, 0.15) is 0 Å². The first-order valence-corrected chi connectivity index (χ1v) is 5.52. The quantitative estimate of drug-likeness (QED) is 0.568. The van der Waals surface area contributed by atoms with Crippen LogP contribution in [0.4, 0.5) is 0 Å². The summed E-state index contributed by atoms with van der Waals surface area (Å²) in [5.41, 5.74) is 1.93. The summed E-state index contributed by atoms with van der Waals surface area (Å²) in [4.78, 5) is 0. The summed E-state index contributed by atoms with van der Waals surface area (Å²) in [5, 5.41) is 9.93. The van der Waals surface area contributed by atoms with Crippen molar-refractivity contribution in [2.45, 2.75) is 52.1 Å². The predicted octanol–water partition coefficient (Wildman–Crippen LogP) is 2.89. The molecule has 1 heteroatoms. The highest BCUT2D eigenvalue weighted by Crippen LogP contribution is 2.54. The molecular weight excluding hydrogens is 160 g/mol. The van der Waals surface area contributed by atoms with Crippen molar-refractivity contribution < 1.29 is 5.11 Å². The highest BCUT2D eigenvalue weighted by Gasteiger charge is 2.47. The van der Waals surface area contributed by atoms with Crippen LogP contribution in [0.5, 0.6) is 0 Å². The van der Waals surface area contributed by atoms with Gasteiger partial charge in [-0.15, -0.1) is 0 Å². The molecule has 74 valence electrons. The molecule has 2 saturated carbocycles. The van der Waals surface area contributed by atoms with Gasteiger partial charge < -0.3 is 5.11 Å². The molecule has 0 aromatic carbocycles. The van der Waals surface area contributed by atoms with Crippen molar-refractivity contribution in [2.75, 3.05) is 0 Å². The molecule has 1 nitrogen and oxygen atoms in total. The molecule has 2 fully saturated rings. The Morgan fingerprint density at radius 2 is 2.23 bits per heavy atom. The third-order valence-electron chi connectivity index (χ3n) is 4.29. The molecule has 2 aliphatic carbocycles. The zero-order chi connectivity index (χ0) is 9.47. The van der Waals surface area contributed by atoms with Gasteiger partial charge >= 0.3 is 0 Å². The highest BCUT2D eigenvalue weighted by atomic mass is 16.3. The van der Waals surface area contributed by atoms with E-state index in [1.807, 2.05) is 0 Å². The first kappa shape index (κ1) is 9.26. The molecule has 2 rings (SSSR count). The Balaban J connectivity index is 2.28. The lowest BCUT2D eigenvalue weighted by molar-refractivity contribution is 0.0148. The van der Waals surface area contributed by atoms with Gasteiger partial charge in [0.15, 0.2) is 0 Å². The van der Waals surface area contributed by atoms with Gasteiger partial charge in [-0.25, -0.2) is 0 Å². The van der Waals surface area contributed by atoms with E-state index in [2.05, 4.69) is 19.9 Å². The molecule has 0 aliphatic heterocycles. The molecule has 0 bridgehead atoms. The van der Waals surface area contributed by atoms with Crippen LogP contribution in [0.25, 0.3) is 0 Å². The second-order valence-electron chi connectivity index (χ2n) is 4.84. The van der Waals surface area contributed by atoms with Crippen LogP contribution in [0.15, 0.2) is 11.6 Å². The first-order chi connectivity index (χ1) is 6.18. The monoisotopic (exact) mass is 180 g/mol. The van der Waals surface area contributed by atoms with Gasteiger partial charge in [0.2, 0.25) is 0 Å². The lowest BCUT2D eigenvalue weighted by Gasteiger charge is -2.40. The van der Waals surface area contributed by atoms with Crippen molar-refractivity contribution in [2.24, 2.45) is 11.3 Å². The molecule has 13 heavy (non-hydrogen) atoms. The second-order valence-corrected chi connectivity index (χ2v) is 4.84. The van der Waals surface area contributed by atoms with Crippen LogP contribution < -0.4 is 0 Å². The number of hydrogen-bond donors (Lipinski definition) is 1. The fourth-order valence-electron chi connectivity index (χ4n) is 3.47. The molecule has 0 spiro atoms. The Bertz CT molecular complexity index is 231. The number of aliphatic hydroxyl groups excluding tert-OH is 1. The fraction of sp³-hybridized carbons (Fsp3) is 0.833. The van der Waals surface area contributed by atoms with Gasteiger partial charge in [-0.1, -0.05) is 18.6 Å². The standard InChI is InChI=1S/C12H20O/c1-3-9-6-7-10-11(13)5-4-8-12(9,10)2/h3,10-11,13H,4-8H2,1-2H3/b9-3+/t10-,11-,12+/m0/s1. The van der Waals surface area contributed by atoms with E-state index in [0.717, 1.165) is 6.42 Å². The van der Waals surface area contributed by atoms with Crippen molar-refractivity contribution >= 4 is 0 Å². The van der Waals surface area contributed by atoms with Crippen molar-refractivity contribution in [3.8, 4) is 0 Å². The molecule has 0 amide bonds. The van der Waals surface area contributed by atoms with E-state index < -0.39 is 0 Å². The van der Waals surface area contributed by atoms with E-state index in [9.17, 15) is 5.11 Å². The lowest BCUT2D eigenvalue weighted by atomic mass is 9.66. The Morgan fingerprint density at radius 1 is 1.46 bits per heavy atom. The molecular formula is C12H20O. The maximum atomic E-state index is 9.93. The van der Waals surface area contributed by atoms with Gasteiger partial charge in [0.25, 0.3) is 0 Å². The van der Waals surface area contributed by atoms with Gasteiger partial charge in [-0.05, 0) is 50.4 Å². The van der Waals surface area contributed by atoms with E-state index in [1.165, 1.54) is 25.7 Å². The average Bonchev–Trinajstić information content (AvgIpc) is 2.43. The van der Waals surface area contributed by atoms with Crippen molar-refractivity contribution in [3.63, 3.8) is 0 Å². The number of rotatable bonds is 0. The molecule has 2 aliphatic rings. The number of allylic oxidation sites excluding steroid dienone is 2. The fourth-order valence-corrected chi connectivity index (χ4v) is 3.47. The van der Waals surface area contributed by atoms with Crippen LogP contribution in [-0.4, -0.2) is 11.2 Å². The SMILES string of the molecule is C/C=C1\CC[C@H]2[C@@H](O)CCC[C@]12C. The zero-order valence-corrected chi connectivity index (χ0v) is 8.71. The minimum Gasteiger partial charge on any atom is -0.393 e. The van der Waals surface area contributed by atoms with Crippen molar-refractivity contribution in [1.82, 2.24) is 0 Å². The first-order valence-electron chi connectivity index (χ1n) is 5.52. The van der Waals surface area contributed by atoms with Gasteiger partial charge in [-0.3, -0.25) is 0 Å². The summed E-state index contributed by atoms with van der Waals surface area (Å²) in [6, 6.07) is 0. The summed E-state index contributed by atoms with van der Waals surface area (Å²) < 4.78 is 0. The molecule has 0 saturated heterocycles. The van der Waals surface area contributed by atoms with Gasteiger partial charge in [0.05, 0.1) is 6.10 Å². The number of fused-ring (bicyclic) bond motifs is 1. The van der Waals surface area contributed by atoms with Crippen LogP contribution in [0, 0.1) is 11.3 Å². The maximum absolute atomic E-state index is 9.93. The summed E-state index contributed by atoms with van der Waals surface area (Å²) >= 11 is 0. The molecule has 1 N–H and O–H groups in total. The Hall–Kier alpha value is -0.300. The molecule has 0 heterocycles. The molecule has 0 aromatic rings. The van der Waals surface area contributed by atoms with Crippen LogP contribution >= 0.6 is 0 Å². The average molecular weight is 180 g/mol. The van der Waals surface area contributed by atoms with Gasteiger partial charge in [0, 0.05) is 0 Å². The highest BCUT2D eigenvalue weighted by molar-refractivity contribution is 5.21. The van der Waals surface area contributed by atoms with Crippen LogP contribution in [0.3, 0.4) is 0 Å². The van der Waals surface area contributed by atoms with Crippen molar-refractivity contribution in [3.05, 3.63) is 11.6 Å². The summed E-state index contributed by atoms with van der Waals surface area (Å²) in [7, 11) is 0. The number of aliphatic hydroxyl groups is 1. The Kier molecular flexibility index (Phi) is 2.23. The summed E-state index contributed by atoms with van der Waals surface area (Å²) in [6.07, 6.45) is 8.18. The van der Waals surface area contributed by atoms with Crippen molar-refractivity contribution in [1.29, 1.82) is 0 Å². The van der Waals surface area contributed by atoms with E-state index >= 15 is 0 Å². The number of hydrogen-bond acceptors (Lipinski definition) is 1. The predicted molar refractivity (Wildman–Crippen MR) is 54.4 cm³/mol. The molecule has 0 radical (unpaired) electrons. The minimum absolute atomic E-state index is 0.0313. The third kappa shape index (κ3) is 1.25. The molecule has 0 unspecified atom stereocenters. The van der Waals surface area contributed by atoms with E-state index in [-0.39, 0.29) is 6.10 Å². The summed E-state index contributed by atoms with van der Waals surface area (Å²) in [5.74, 6) is 0.549. The molecule has 0 aromatic heterocycles. The molecule has 3 atom stereocenters. The zero-order valence-electron chi connectivity index (χ0n) is 8.71. The van der Waals surface area contributed by atoms with E-state index in [4.69, 9.17) is 0 Å². The van der Waals surface area contributed by atoms with Crippen LogP contribution in [-0.2, 0) is 0 Å².